The van der Waals surface area contributed by atoms with E-state index in [1.807, 2.05) is 35.7 Å². The lowest BCUT2D eigenvalue weighted by molar-refractivity contribution is -0.123. The Balaban J connectivity index is 1.60. The molecule has 3 rings (SSSR count). The van der Waals surface area contributed by atoms with Crippen molar-refractivity contribution < 1.29 is 14.3 Å². The molecular formula is C18H15N3O3S. The topological polar surface area (TPSA) is 81.2 Å². The molecule has 2 heterocycles. The van der Waals surface area contributed by atoms with Crippen molar-refractivity contribution in [1.29, 1.82) is 0 Å². The number of hydrogen-bond donors (Lipinski definition) is 1. The summed E-state index contributed by atoms with van der Waals surface area (Å²) in [5.41, 5.74) is 1.90. The maximum Gasteiger partial charge on any atom is 0.357 e. The highest BCUT2D eigenvalue weighted by Crippen LogP contribution is 2.24. The van der Waals surface area contributed by atoms with E-state index in [0.29, 0.717) is 5.13 Å². The van der Waals surface area contributed by atoms with E-state index in [1.165, 1.54) is 30.5 Å². The van der Waals surface area contributed by atoms with Crippen molar-refractivity contribution >= 4 is 28.3 Å². The summed E-state index contributed by atoms with van der Waals surface area (Å²) in [6.45, 7) is 1.50. The average molecular weight is 353 g/mol. The van der Waals surface area contributed by atoms with Crippen LogP contribution in [0.5, 0.6) is 0 Å². The van der Waals surface area contributed by atoms with Gasteiger partial charge in [-0.15, -0.1) is 11.3 Å². The highest BCUT2D eigenvalue weighted by molar-refractivity contribution is 7.14. The van der Waals surface area contributed by atoms with E-state index in [1.54, 1.807) is 12.1 Å². The molecule has 0 spiro atoms. The number of aromatic nitrogens is 2. The number of ether oxygens (including phenoxy) is 1. The number of thiazole rings is 1. The molecule has 25 heavy (non-hydrogen) atoms. The molecular weight excluding hydrogens is 338 g/mol. The molecule has 0 aliphatic heterocycles. The van der Waals surface area contributed by atoms with Gasteiger partial charge in [-0.3, -0.25) is 10.1 Å². The van der Waals surface area contributed by atoms with Crippen LogP contribution in [0.1, 0.15) is 17.4 Å². The normalized spacial score (nSPS) is 11.6. The fourth-order valence-corrected chi connectivity index (χ4v) is 2.76. The zero-order valence-electron chi connectivity index (χ0n) is 13.4. The SMILES string of the molecule is C[C@@H](OC(=O)c1ccccn1)C(=O)Nc1nc(-c2ccccc2)cs1. The molecule has 0 fully saturated rings. The Hall–Kier alpha value is -3.06. The van der Waals surface area contributed by atoms with Crippen LogP contribution in [0.4, 0.5) is 5.13 Å². The zero-order valence-corrected chi connectivity index (χ0v) is 14.2. The van der Waals surface area contributed by atoms with Gasteiger partial charge in [-0.05, 0) is 19.1 Å². The summed E-state index contributed by atoms with van der Waals surface area (Å²) >= 11 is 1.31. The van der Waals surface area contributed by atoms with Crippen LogP contribution < -0.4 is 5.32 Å². The van der Waals surface area contributed by atoms with Gasteiger partial charge in [0.2, 0.25) is 0 Å². The number of carbonyl (C=O) groups is 2. The molecule has 1 atom stereocenters. The molecule has 0 aliphatic rings. The maximum atomic E-state index is 12.2. The molecule has 0 saturated carbocycles. The van der Waals surface area contributed by atoms with Crippen molar-refractivity contribution in [1.82, 2.24) is 9.97 Å². The predicted molar refractivity (Wildman–Crippen MR) is 95.3 cm³/mol. The smallest absolute Gasteiger partial charge is 0.357 e. The maximum absolute atomic E-state index is 12.2. The molecule has 6 nitrogen and oxygen atoms in total. The summed E-state index contributed by atoms with van der Waals surface area (Å²) in [7, 11) is 0. The standard InChI is InChI=1S/C18H15N3O3S/c1-12(24-17(23)14-9-5-6-10-19-14)16(22)21-18-20-15(11-25-18)13-7-3-2-4-8-13/h2-12H,1H3,(H,20,21,22)/t12-/m1/s1. The summed E-state index contributed by atoms with van der Waals surface area (Å²) in [5.74, 6) is -1.09. The van der Waals surface area contributed by atoms with Crippen molar-refractivity contribution in [2.24, 2.45) is 0 Å². The minimum Gasteiger partial charge on any atom is -0.448 e. The Bertz CT molecular complexity index is 866. The molecule has 0 saturated heterocycles. The number of benzene rings is 1. The van der Waals surface area contributed by atoms with Crippen molar-refractivity contribution in [2.75, 3.05) is 5.32 Å². The summed E-state index contributed by atoms with van der Waals surface area (Å²) in [6.07, 6.45) is 0.528. The van der Waals surface area contributed by atoms with Crippen LogP contribution >= 0.6 is 11.3 Å². The number of nitrogens with zero attached hydrogens (tertiary/aromatic N) is 2. The first-order valence-corrected chi connectivity index (χ1v) is 8.45. The van der Waals surface area contributed by atoms with Crippen molar-refractivity contribution in [3.8, 4) is 11.3 Å². The molecule has 0 unspecified atom stereocenters. The van der Waals surface area contributed by atoms with E-state index >= 15 is 0 Å². The number of pyridine rings is 1. The second-order valence-corrected chi connectivity index (χ2v) is 6.01. The van der Waals surface area contributed by atoms with Crippen molar-refractivity contribution in [3.63, 3.8) is 0 Å². The van der Waals surface area contributed by atoms with Crippen molar-refractivity contribution in [2.45, 2.75) is 13.0 Å². The first kappa shape index (κ1) is 16.8. The van der Waals surface area contributed by atoms with Crippen LogP contribution in [0, 0.1) is 0 Å². The van der Waals surface area contributed by atoms with Crippen LogP contribution in [-0.2, 0) is 9.53 Å². The highest BCUT2D eigenvalue weighted by Gasteiger charge is 2.20. The third kappa shape index (κ3) is 4.27. The Kier molecular flexibility index (Phi) is 5.15. The van der Waals surface area contributed by atoms with Crippen LogP contribution in [0.2, 0.25) is 0 Å². The minimum absolute atomic E-state index is 0.155. The summed E-state index contributed by atoms with van der Waals surface area (Å²) < 4.78 is 5.13. The third-order valence-electron chi connectivity index (χ3n) is 3.33. The molecule has 3 aromatic rings. The van der Waals surface area contributed by atoms with Gasteiger partial charge in [-0.1, -0.05) is 36.4 Å². The third-order valence-corrected chi connectivity index (χ3v) is 4.09. The predicted octanol–water partition coefficient (Wildman–Crippen LogP) is 3.39. The molecule has 0 bridgehead atoms. The minimum atomic E-state index is -0.960. The monoisotopic (exact) mass is 353 g/mol. The molecule has 2 aromatic heterocycles. The molecule has 0 radical (unpaired) electrons. The second kappa shape index (κ2) is 7.67. The number of hydrogen-bond acceptors (Lipinski definition) is 6. The van der Waals surface area contributed by atoms with Gasteiger partial charge < -0.3 is 4.74 Å². The van der Waals surface area contributed by atoms with Gasteiger partial charge in [0.05, 0.1) is 5.69 Å². The van der Waals surface area contributed by atoms with E-state index in [-0.39, 0.29) is 5.69 Å². The van der Waals surface area contributed by atoms with Crippen molar-refractivity contribution in [3.05, 3.63) is 65.8 Å². The Morgan fingerprint density at radius 2 is 1.88 bits per heavy atom. The summed E-state index contributed by atoms with van der Waals surface area (Å²) in [6, 6.07) is 14.6. The van der Waals surface area contributed by atoms with Gasteiger partial charge in [0, 0.05) is 17.1 Å². The van der Waals surface area contributed by atoms with Gasteiger partial charge >= 0.3 is 5.97 Å². The largest absolute Gasteiger partial charge is 0.448 e. The molecule has 1 N–H and O–H groups in total. The second-order valence-electron chi connectivity index (χ2n) is 5.16. The molecule has 7 heteroatoms. The Labute approximate surface area is 148 Å². The number of carbonyl (C=O) groups excluding carboxylic acids is 2. The highest BCUT2D eigenvalue weighted by atomic mass is 32.1. The van der Waals surface area contributed by atoms with Gasteiger partial charge in [0.25, 0.3) is 5.91 Å². The average Bonchev–Trinajstić information content (AvgIpc) is 3.11. The summed E-state index contributed by atoms with van der Waals surface area (Å²) in [4.78, 5) is 32.4. The Morgan fingerprint density at radius 1 is 1.12 bits per heavy atom. The van der Waals surface area contributed by atoms with Gasteiger partial charge in [0.1, 0.15) is 5.69 Å². The van der Waals surface area contributed by atoms with Gasteiger partial charge in [-0.2, -0.15) is 0 Å². The van der Waals surface area contributed by atoms with E-state index in [2.05, 4.69) is 15.3 Å². The quantitative estimate of drug-likeness (QED) is 0.711. The lowest BCUT2D eigenvalue weighted by Crippen LogP contribution is -2.30. The van der Waals surface area contributed by atoms with E-state index in [4.69, 9.17) is 4.74 Å². The molecule has 1 aromatic carbocycles. The van der Waals surface area contributed by atoms with Crippen LogP contribution in [-0.4, -0.2) is 27.9 Å². The number of anilines is 1. The van der Waals surface area contributed by atoms with Crippen LogP contribution in [0.15, 0.2) is 60.1 Å². The van der Waals surface area contributed by atoms with Crippen LogP contribution in [0.25, 0.3) is 11.3 Å². The lowest BCUT2D eigenvalue weighted by atomic mass is 10.2. The zero-order chi connectivity index (χ0) is 17.6. The number of amides is 1. The first-order valence-electron chi connectivity index (χ1n) is 7.57. The van der Waals surface area contributed by atoms with Crippen LogP contribution in [0.3, 0.4) is 0 Å². The fraction of sp³-hybridized carbons (Fsp3) is 0.111. The summed E-state index contributed by atoms with van der Waals surface area (Å²) in [5, 5.41) is 4.96. The fourth-order valence-electron chi connectivity index (χ4n) is 2.04. The molecule has 0 aliphatic carbocycles. The van der Waals surface area contributed by atoms with Gasteiger partial charge in [0.15, 0.2) is 11.2 Å². The van der Waals surface area contributed by atoms with E-state index in [0.717, 1.165) is 11.3 Å². The number of nitrogens with one attached hydrogen (secondary N) is 1. The number of rotatable bonds is 5. The van der Waals surface area contributed by atoms with E-state index in [9.17, 15) is 9.59 Å². The van der Waals surface area contributed by atoms with Gasteiger partial charge in [-0.25, -0.2) is 14.8 Å². The Morgan fingerprint density at radius 3 is 2.60 bits per heavy atom. The number of esters is 1. The molecule has 1 amide bonds. The first-order chi connectivity index (χ1) is 12.1. The lowest BCUT2D eigenvalue weighted by Gasteiger charge is -2.11. The van der Waals surface area contributed by atoms with E-state index < -0.39 is 18.0 Å². The molecule has 126 valence electrons.